The van der Waals surface area contributed by atoms with Gasteiger partial charge >= 0.3 is 5.97 Å². The third-order valence-electron chi connectivity index (χ3n) is 6.46. The first-order chi connectivity index (χ1) is 14.4. The van der Waals surface area contributed by atoms with Crippen LogP contribution >= 0.6 is 0 Å². The molecule has 0 saturated heterocycles. The minimum absolute atomic E-state index is 0.0192. The number of rotatable bonds is 3. The van der Waals surface area contributed by atoms with Crippen LogP contribution in [0.3, 0.4) is 0 Å². The van der Waals surface area contributed by atoms with Gasteiger partial charge in [0.15, 0.2) is 0 Å². The highest BCUT2D eigenvalue weighted by Crippen LogP contribution is 2.60. The fraction of sp³-hybridized carbons (Fsp3) is 0.240. The Kier molecular flexibility index (Phi) is 4.04. The molecule has 5 heteroatoms. The summed E-state index contributed by atoms with van der Waals surface area (Å²) in [6, 6.07) is 19.6. The summed E-state index contributed by atoms with van der Waals surface area (Å²) in [4.78, 5) is 13.3. The van der Waals surface area contributed by atoms with E-state index in [1.54, 1.807) is 55.6 Å². The van der Waals surface area contributed by atoms with Crippen LogP contribution in [0, 0.1) is 12.8 Å². The topological polar surface area (TPSA) is 76.0 Å². The van der Waals surface area contributed by atoms with E-state index in [9.17, 15) is 15.0 Å². The van der Waals surface area contributed by atoms with Crippen molar-refractivity contribution in [3.8, 4) is 11.5 Å². The SMILES string of the molecule is COc1ccc2c(c1)C1(O)CC(C(=O)Oc3ccccc3C)C2(O)c2ccccc21. The predicted octanol–water partition coefficient (Wildman–Crippen LogP) is 3.41. The fourth-order valence-corrected chi connectivity index (χ4v) is 4.93. The lowest BCUT2D eigenvalue weighted by molar-refractivity contribution is -0.157. The summed E-state index contributed by atoms with van der Waals surface area (Å²) in [7, 11) is 1.55. The van der Waals surface area contributed by atoms with Crippen molar-refractivity contribution in [2.75, 3.05) is 7.11 Å². The van der Waals surface area contributed by atoms with Crippen LogP contribution in [0.2, 0.25) is 0 Å². The molecule has 6 rings (SSSR count). The van der Waals surface area contributed by atoms with Crippen molar-refractivity contribution in [3.05, 3.63) is 94.5 Å². The smallest absolute Gasteiger partial charge is 0.318 e. The third-order valence-corrected chi connectivity index (χ3v) is 6.46. The summed E-state index contributed by atoms with van der Waals surface area (Å²) >= 11 is 0. The average Bonchev–Trinajstić information content (AvgIpc) is 2.77. The zero-order chi connectivity index (χ0) is 21.1. The molecule has 0 aromatic heterocycles. The number of esters is 1. The number of hydrogen-bond acceptors (Lipinski definition) is 5. The number of ether oxygens (including phenoxy) is 2. The molecule has 0 spiro atoms. The predicted molar refractivity (Wildman–Crippen MR) is 110 cm³/mol. The third kappa shape index (κ3) is 2.39. The van der Waals surface area contributed by atoms with E-state index >= 15 is 0 Å². The molecule has 3 unspecified atom stereocenters. The molecule has 2 bridgehead atoms. The van der Waals surface area contributed by atoms with Crippen molar-refractivity contribution < 1.29 is 24.5 Å². The van der Waals surface area contributed by atoms with Gasteiger partial charge in [0.2, 0.25) is 0 Å². The van der Waals surface area contributed by atoms with Crippen molar-refractivity contribution >= 4 is 5.97 Å². The highest BCUT2D eigenvalue weighted by atomic mass is 16.5. The molecule has 3 aromatic rings. The number of methoxy groups -OCH3 is 1. The molecule has 0 heterocycles. The molecule has 0 amide bonds. The number of fused-ring (bicyclic) bond motifs is 1. The van der Waals surface area contributed by atoms with Crippen LogP contribution in [0.25, 0.3) is 0 Å². The maximum Gasteiger partial charge on any atom is 0.318 e. The molecule has 3 aliphatic carbocycles. The number of carbonyl (C=O) groups is 1. The van der Waals surface area contributed by atoms with Crippen molar-refractivity contribution in [1.29, 1.82) is 0 Å². The number of benzene rings is 3. The summed E-state index contributed by atoms with van der Waals surface area (Å²) < 4.78 is 11.0. The maximum atomic E-state index is 13.3. The van der Waals surface area contributed by atoms with E-state index in [1.807, 2.05) is 25.1 Å². The molecule has 3 atom stereocenters. The number of carbonyl (C=O) groups excluding carboxylic acids is 1. The van der Waals surface area contributed by atoms with Crippen LogP contribution in [0.4, 0.5) is 0 Å². The molecule has 3 aromatic carbocycles. The van der Waals surface area contributed by atoms with Crippen molar-refractivity contribution in [3.63, 3.8) is 0 Å². The molecular weight excluding hydrogens is 380 g/mol. The van der Waals surface area contributed by atoms with Gasteiger partial charge in [-0.15, -0.1) is 0 Å². The largest absolute Gasteiger partial charge is 0.497 e. The number of hydrogen-bond donors (Lipinski definition) is 2. The van der Waals surface area contributed by atoms with Crippen LogP contribution in [0.15, 0.2) is 66.7 Å². The fourth-order valence-electron chi connectivity index (χ4n) is 4.93. The van der Waals surface area contributed by atoms with Crippen molar-refractivity contribution in [2.45, 2.75) is 24.5 Å². The summed E-state index contributed by atoms with van der Waals surface area (Å²) in [5.74, 6) is -0.503. The van der Waals surface area contributed by atoms with E-state index in [0.717, 1.165) is 5.56 Å². The highest BCUT2D eigenvalue weighted by molar-refractivity contribution is 5.81. The first kappa shape index (κ1) is 18.9. The van der Waals surface area contributed by atoms with Gasteiger partial charge in [0.25, 0.3) is 0 Å². The first-order valence-corrected chi connectivity index (χ1v) is 9.90. The Morgan fingerprint density at radius 3 is 2.33 bits per heavy atom. The summed E-state index contributed by atoms with van der Waals surface area (Å²) in [6.07, 6.45) is 0.0192. The van der Waals surface area contributed by atoms with Gasteiger partial charge in [-0.05, 0) is 52.9 Å². The van der Waals surface area contributed by atoms with Crippen LogP contribution in [-0.4, -0.2) is 23.3 Å². The van der Waals surface area contributed by atoms with Gasteiger partial charge < -0.3 is 19.7 Å². The summed E-state index contributed by atoms with van der Waals surface area (Å²) in [5.41, 5.74) is -0.0205. The van der Waals surface area contributed by atoms with E-state index in [-0.39, 0.29) is 6.42 Å². The van der Waals surface area contributed by atoms with Gasteiger partial charge in [-0.1, -0.05) is 48.5 Å². The molecular formula is C25H22O5. The Hall–Kier alpha value is -3.15. The van der Waals surface area contributed by atoms with Gasteiger partial charge in [0.1, 0.15) is 22.7 Å². The van der Waals surface area contributed by atoms with Crippen LogP contribution in [0.1, 0.15) is 34.2 Å². The lowest BCUT2D eigenvalue weighted by Crippen LogP contribution is -2.57. The lowest BCUT2D eigenvalue weighted by atomic mass is 9.54. The zero-order valence-electron chi connectivity index (χ0n) is 16.8. The number of para-hydroxylation sites is 1. The Bertz CT molecular complexity index is 1170. The number of aryl methyl sites for hydroxylation is 1. The monoisotopic (exact) mass is 402 g/mol. The molecule has 5 nitrogen and oxygen atoms in total. The molecule has 30 heavy (non-hydrogen) atoms. The Morgan fingerprint density at radius 1 is 0.933 bits per heavy atom. The van der Waals surface area contributed by atoms with E-state index in [1.165, 1.54) is 0 Å². The molecule has 0 aliphatic heterocycles. The Morgan fingerprint density at radius 2 is 1.60 bits per heavy atom. The van der Waals surface area contributed by atoms with E-state index in [0.29, 0.717) is 33.8 Å². The van der Waals surface area contributed by atoms with Gasteiger partial charge in [-0.3, -0.25) is 4.79 Å². The highest BCUT2D eigenvalue weighted by Gasteiger charge is 2.62. The summed E-state index contributed by atoms with van der Waals surface area (Å²) in [5, 5.41) is 23.8. The maximum absolute atomic E-state index is 13.3. The van der Waals surface area contributed by atoms with Crippen LogP contribution < -0.4 is 9.47 Å². The second-order valence-electron chi connectivity index (χ2n) is 8.03. The van der Waals surface area contributed by atoms with E-state index < -0.39 is 23.1 Å². The molecule has 0 fully saturated rings. The second-order valence-corrected chi connectivity index (χ2v) is 8.03. The van der Waals surface area contributed by atoms with Crippen LogP contribution in [0.5, 0.6) is 11.5 Å². The zero-order valence-corrected chi connectivity index (χ0v) is 16.8. The van der Waals surface area contributed by atoms with Gasteiger partial charge in [0.05, 0.1) is 13.0 Å². The lowest BCUT2D eigenvalue weighted by Gasteiger charge is -2.53. The molecule has 152 valence electrons. The van der Waals surface area contributed by atoms with E-state index in [4.69, 9.17) is 9.47 Å². The molecule has 2 N–H and O–H groups in total. The normalized spacial score (nSPS) is 25.9. The molecule has 3 aliphatic rings. The van der Waals surface area contributed by atoms with Gasteiger partial charge in [0, 0.05) is 6.42 Å². The van der Waals surface area contributed by atoms with Crippen molar-refractivity contribution in [1.82, 2.24) is 0 Å². The van der Waals surface area contributed by atoms with Crippen LogP contribution in [-0.2, 0) is 16.0 Å². The quantitative estimate of drug-likeness (QED) is 0.519. The number of aliphatic hydroxyl groups is 2. The summed E-state index contributed by atoms with van der Waals surface area (Å²) in [6.45, 7) is 1.86. The average molecular weight is 402 g/mol. The Labute approximate surface area is 174 Å². The second kappa shape index (κ2) is 6.42. The van der Waals surface area contributed by atoms with Crippen molar-refractivity contribution in [2.24, 2.45) is 5.92 Å². The molecule has 0 saturated carbocycles. The first-order valence-electron chi connectivity index (χ1n) is 9.90. The van der Waals surface area contributed by atoms with Gasteiger partial charge in [-0.2, -0.15) is 0 Å². The molecule has 0 radical (unpaired) electrons. The Balaban J connectivity index is 1.67. The minimum atomic E-state index is -1.61. The minimum Gasteiger partial charge on any atom is -0.497 e. The van der Waals surface area contributed by atoms with Gasteiger partial charge in [-0.25, -0.2) is 0 Å². The standard InChI is InChI=1S/C25H22O5/c1-15-7-3-6-10-22(15)30-23(26)21-14-24(27)17-8-4-5-9-18(17)25(21,28)19-12-11-16(29-2)13-20(19)24/h3-13,21,27-28H,14H2,1-2H3. The van der Waals surface area contributed by atoms with E-state index in [2.05, 4.69) is 0 Å².